The maximum absolute atomic E-state index is 9.82. The van der Waals surface area contributed by atoms with Crippen LogP contribution in [0.2, 0.25) is 0 Å². The lowest BCUT2D eigenvalue weighted by atomic mass is 10.1. The Morgan fingerprint density at radius 2 is 2.03 bits per heavy atom. The van der Waals surface area contributed by atoms with Crippen LogP contribution in [-0.4, -0.2) is 51.4 Å². The normalized spacial score (nSPS) is 15.3. The third-order valence-electron chi connectivity index (χ3n) is 4.80. The summed E-state index contributed by atoms with van der Waals surface area (Å²) in [7, 11) is 3.46. The van der Waals surface area contributed by atoms with Crippen LogP contribution >= 0.6 is 0 Å². The molecule has 0 radical (unpaired) electrons. The van der Waals surface area contributed by atoms with Crippen molar-refractivity contribution >= 4 is 22.9 Å². The summed E-state index contributed by atoms with van der Waals surface area (Å²) in [4.78, 5) is 6.72. The number of anilines is 1. The number of ether oxygens (including phenoxy) is 2. The monoisotopic (exact) mass is 396 g/mol. The third-order valence-corrected chi connectivity index (χ3v) is 4.80. The summed E-state index contributed by atoms with van der Waals surface area (Å²) in [6.45, 7) is 2.95. The van der Waals surface area contributed by atoms with Crippen LogP contribution in [0.3, 0.4) is 0 Å². The minimum atomic E-state index is -0.0607. The Morgan fingerprint density at radius 1 is 1.28 bits per heavy atom. The zero-order valence-corrected chi connectivity index (χ0v) is 16.9. The van der Waals surface area contributed by atoms with Crippen molar-refractivity contribution < 1.29 is 14.6 Å². The summed E-state index contributed by atoms with van der Waals surface area (Å²) < 4.78 is 10.8. The van der Waals surface area contributed by atoms with E-state index < -0.39 is 0 Å². The molecule has 1 fully saturated rings. The van der Waals surface area contributed by atoms with E-state index in [4.69, 9.17) is 15.2 Å². The molecule has 0 atom stereocenters. The molecular weight excluding hydrogens is 368 g/mol. The van der Waals surface area contributed by atoms with Crippen molar-refractivity contribution in [1.82, 2.24) is 5.32 Å². The summed E-state index contributed by atoms with van der Waals surface area (Å²) in [5.74, 6) is 1.10. The van der Waals surface area contributed by atoms with Crippen molar-refractivity contribution in [2.75, 3.05) is 45.4 Å². The second kappa shape index (κ2) is 9.95. The number of hydrogen-bond acceptors (Lipinski definition) is 6. The number of benzene rings is 2. The molecule has 0 amide bonds. The van der Waals surface area contributed by atoms with Gasteiger partial charge >= 0.3 is 0 Å². The fourth-order valence-corrected chi connectivity index (χ4v) is 3.36. The van der Waals surface area contributed by atoms with E-state index in [0.29, 0.717) is 24.7 Å². The first-order chi connectivity index (χ1) is 14.2. The van der Waals surface area contributed by atoms with Gasteiger partial charge in [0.2, 0.25) is 0 Å². The van der Waals surface area contributed by atoms with E-state index >= 15 is 0 Å². The van der Waals surface area contributed by atoms with Crippen LogP contribution in [0, 0.1) is 0 Å². The summed E-state index contributed by atoms with van der Waals surface area (Å²) in [6.07, 6.45) is 1.77. The Balaban J connectivity index is 1.87. The minimum absolute atomic E-state index is 0.0607. The highest BCUT2D eigenvalue weighted by atomic mass is 16.5. The second-order valence-electron chi connectivity index (χ2n) is 6.62. The number of morpholine rings is 1. The molecule has 29 heavy (non-hydrogen) atoms. The molecule has 7 nitrogen and oxygen atoms in total. The fraction of sp³-hybridized carbons (Fsp3) is 0.318. The van der Waals surface area contributed by atoms with Gasteiger partial charge in [-0.15, -0.1) is 0 Å². The minimum Gasteiger partial charge on any atom is -0.496 e. The van der Waals surface area contributed by atoms with Gasteiger partial charge in [-0.25, -0.2) is 4.99 Å². The summed E-state index contributed by atoms with van der Waals surface area (Å²) in [5.41, 5.74) is 10.4. The number of nitrogens with one attached hydrogen (secondary N) is 1. The number of aliphatic hydroxyl groups is 1. The first kappa shape index (κ1) is 20.7. The van der Waals surface area contributed by atoms with Crippen molar-refractivity contribution in [2.24, 2.45) is 10.7 Å². The Hall–Kier alpha value is -3.03. The quantitative estimate of drug-likeness (QED) is 0.491. The lowest BCUT2D eigenvalue weighted by molar-refractivity contribution is 0.122. The zero-order valence-electron chi connectivity index (χ0n) is 16.9. The van der Waals surface area contributed by atoms with E-state index in [2.05, 4.69) is 15.2 Å². The molecule has 3 rings (SSSR count). The summed E-state index contributed by atoms with van der Waals surface area (Å²) >= 11 is 0. The standard InChI is InChI=1S/C22H28N4O3/c1-24-19(18-5-3-4-6-21(18)28-2)14-22(23)25-17-7-8-20(16(13-17)15-27)26-9-11-29-12-10-26/h3-8,13-14,24,27H,9-12,15H2,1-2H3,(H2,23,25). The fourth-order valence-electron chi connectivity index (χ4n) is 3.36. The van der Waals surface area contributed by atoms with Gasteiger partial charge < -0.3 is 30.5 Å². The van der Waals surface area contributed by atoms with Crippen LogP contribution in [-0.2, 0) is 11.3 Å². The average molecular weight is 396 g/mol. The molecule has 0 aliphatic carbocycles. The number of aliphatic imine (C=N–C) groups is 1. The lowest BCUT2D eigenvalue weighted by Crippen LogP contribution is -2.36. The maximum Gasteiger partial charge on any atom is 0.128 e. The first-order valence-corrected chi connectivity index (χ1v) is 9.59. The van der Waals surface area contributed by atoms with Crippen LogP contribution in [0.5, 0.6) is 5.75 Å². The van der Waals surface area contributed by atoms with Gasteiger partial charge in [0, 0.05) is 48.7 Å². The molecule has 0 spiro atoms. The van der Waals surface area contributed by atoms with Crippen molar-refractivity contribution in [1.29, 1.82) is 0 Å². The van der Waals surface area contributed by atoms with Gasteiger partial charge in [-0.05, 0) is 30.3 Å². The SMILES string of the molecule is CNC(=CC(N)=Nc1ccc(N2CCOCC2)c(CO)c1)c1ccccc1OC. The van der Waals surface area contributed by atoms with Gasteiger partial charge in [0.05, 0.1) is 32.6 Å². The zero-order chi connectivity index (χ0) is 20.6. The van der Waals surface area contributed by atoms with Crippen molar-refractivity contribution in [3.8, 4) is 5.75 Å². The number of nitrogens with two attached hydrogens (primary N) is 1. The molecule has 2 aromatic rings. The molecule has 7 heteroatoms. The molecule has 1 saturated heterocycles. The summed E-state index contributed by atoms with van der Waals surface area (Å²) in [6, 6.07) is 13.5. The van der Waals surface area contributed by atoms with Crippen LogP contribution in [0.4, 0.5) is 11.4 Å². The van der Waals surface area contributed by atoms with E-state index in [-0.39, 0.29) is 6.61 Å². The van der Waals surface area contributed by atoms with Crippen LogP contribution in [0.1, 0.15) is 11.1 Å². The molecule has 0 saturated carbocycles. The molecule has 0 bridgehead atoms. The van der Waals surface area contributed by atoms with E-state index in [0.717, 1.165) is 41.4 Å². The van der Waals surface area contributed by atoms with Gasteiger partial charge in [-0.1, -0.05) is 12.1 Å². The average Bonchev–Trinajstić information content (AvgIpc) is 2.78. The first-order valence-electron chi connectivity index (χ1n) is 9.59. The molecule has 1 heterocycles. The number of para-hydroxylation sites is 1. The Kier molecular flexibility index (Phi) is 7.10. The number of rotatable bonds is 7. The van der Waals surface area contributed by atoms with Gasteiger partial charge in [0.15, 0.2) is 0 Å². The lowest BCUT2D eigenvalue weighted by Gasteiger charge is -2.30. The molecule has 4 N–H and O–H groups in total. The highest BCUT2D eigenvalue weighted by molar-refractivity contribution is 5.99. The van der Waals surface area contributed by atoms with E-state index in [9.17, 15) is 5.11 Å². The van der Waals surface area contributed by atoms with Gasteiger partial charge in [0.1, 0.15) is 11.6 Å². The van der Waals surface area contributed by atoms with Crippen molar-refractivity contribution in [3.63, 3.8) is 0 Å². The predicted octanol–water partition coefficient (Wildman–Crippen LogP) is 2.27. The Morgan fingerprint density at radius 3 is 2.72 bits per heavy atom. The number of nitrogens with zero attached hydrogens (tertiary/aromatic N) is 2. The Labute approximate surface area is 171 Å². The number of hydrogen-bond donors (Lipinski definition) is 3. The van der Waals surface area contributed by atoms with Gasteiger partial charge in [-0.3, -0.25) is 0 Å². The number of methoxy groups -OCH3 is 1. The topological polar surface area (TPSA) is 92.3 Å². The van der Waals surface area contributed by atoms with E-state index in [1.54, 1.807) is 13.2 Å². The van der Waals surface area contributed by atoms with Crippen LogP contribution in [0.25, 0.3) is 5.70 Å². The molecule has 0 aromatic heterocycles. The highest BCUT2D eigenvalue weighted by Gasteiger charge is 2.15. The van der Waals surface area contributed by atoms with Crippen LogP contribution in [0.15, 0.2) is 53.5 Å². The number of aliphatic hydroxyl groups excluding tert-OH is 1. The smallest absolute Gasteiger partial charge is 0.128 e. The maximum atomic E-state index is 9.82. The van der Waals surface area contributed by atoms with Gasteiger partial charge in [-0.2, -0.15) is 0 Å². The second-order valence-corrected chi connectivity index (χ2v) is 6.62. The summed E-state index contributed by atoms with van der Waals surface area (Å²) in [5, 5.41) is 13.0. The molecule has 1 aliphatic heterocycles. The molecule has 1 aliphatic rings. The van der Waals surface area contributed by atoms with Gasteiger partial charge in [0.25, 0.3) is 0 Å². The van der Waals surface area contributed by atoms with Crippen LogP contribution < -0.4 is 20.7 Å². The highest BCUT2D eigenvalue weighted by Crippen LogP contribution is 2.27. The van der Waals surface area contributed by atoms with E-state index in [1.165, 1.54) is 0 Å². The molecular formula is C22H28N4O3. The largest absolute Gasteiger partial charge is 0.496 e. The third kappa shape index (κ3) is 5.07. The molecule has 0 unspecified atom stereocenters. The van der Waals surface area contributed by atoms with Crippen molar-refractivity contribution in [2.45, 2.75) is 6.61 Å². The van der Waals surface area contributed by atoms with E-state index in [1.807, 2.05) is 49.5 Å². The molecule has 2 aromatic carbocycles. The molecule has 154 valence electrons. The van der Waals surface area contributed by atoms with Crippen molar-refractivity contribution in [3.05, 3.63) is 59.7 Å². The Bertz CT molecular complexity index is 889. The number of amidine groups is 1. The predicted molar refractivity (Wildman–Crippen MR) is 117 cm³/mol.